The van der Waals surface area contributed by atoms with Crippen molar-refractivity contribution in [2.45, 2.75) is 25.1 Å². The summed E-state index contributed by atoms with van der Waals surface area (Å²) in [7, 11) is 0. The van der Waals surface area contributed by atoms with E-state index < -0.39 is 52.7 Å². The molecule has 0 aliphatic carbocycles. The number of hydrogen-bond acceptors (Lipinski definition) is 3. The molecular weight excluding hydrogens is 340 g/mol. The summed E-state index contributed by atoms with van der Waals surface area (Å²) in [6.45, 7) is 0.828. The molecule has 0 fully saturated rings. The molecule has 0 radical (unpaired) electrons. The van der Waals surface area contributed by atoms with Gasteiger partial charge in [0.05, 0.1) is 17.2 Å². The predicted octanol–water partition coefficient (Wildman–Crippen LogP) is 3.70. The summed E-state index contributed by atoms with van der Waals surface area (Å²) in [5.74, 6) is -8.06. The van der Waals surface area contributed by atoms with Gasteiger partial charge in [-0.05, 0) is 19.1 Å². The van der Waals surface area contributed by atoms with Crippen LogP contribution in [0.25, 0.3) is 0 Å². The third-order valence-corrected chi connectivity index (χ3v) is 2.93. The first-order valence-electron chi connectivity index (χ1n) is 5.79. The molecule has 0 heterocycles. The Morgan fingerprint density at radius 3 is 2.32 bits per heavy atom. The third kappa shape index (κ3) is 3.64. The van der Waals surface area contributed by atoms with E-state index in [1.54, 1.807) is 0 Å². The number of alkyl halides is 5. The Hall–Kier alpha value is -1.48. The van der Waals surface area contributed by atoms with Crippen LogP contribution < -0.4 is 5.73 Å². The Labute approximate surface area is 126 Å². The number of benzene rings is 1. The smallest absolute Gasteiger partial charge is 0.416 e. The summed E-state index contributed by atoms with van der Waals surface area (Å²) in [6, 6.07) is -2.37. The van der Waals surface area contributed by atoms with E-state index in [9.17, 15) is 31.1 Å². The fourth-order valence-electron chi connectivity index (χ4n) is 1.55. The monoisotopic (exact) mass is 349 g/mol. The molecule has 1 rings (SSSR count). The molecular formula is C12H10ClF6NO2. The van der Waals surface area contributed by atoms with E-state index in [0.717, 1.165) is 0 Å². The van der Waals surface area contributed by atoms with Crippen LogP contribution in [-0.2, 0) is 15.7 Å². The Morgan fingerprint density at radius 2 is 1.86 bits per heavy atom. The molecule has 124 valence electrons. The topological polar surface area (TPSA) is 52.3 Å². The minimum Gasteiger partial charge on any atom is -0.462 e. The van der Waals surface area contributed by atoms with E-state index in [2.05, 4.69) is 4.74 Å². The predicted molar refractivity (Wildman–Crippen MR) is 64.9 cm³/mol. The van der Waals surface area contributed by atoms with E-state index in [1.165, 1.54) is 6.92 Å². The highest BCUT2D eigenvalue weighted by Crippen LogP contribution is 2.38. The summed E-state index contributed by atoms with van der Waals surface area (Å²) in [6.07, 6.45) is -4.95. The van der Waals surface area contributed by atoms with Gasteiger partial charge in [0.1, 0.15) is 11.9 Å². The molecule has 1 atom stereocenters. The molecule has 22 heavy (non-hydrogen) atoms. The van der Waals surface area contributed by atoms with E-state index >= 15 is 0 Å². The van der Waals surface area contributed by atoms with Gasteiger partial charge in [-0.2, -0.15) is 22.0 Å². The average molecular weight is 350 g/mol. The highest BCUT2D eigenvalue weighted by molar-refractivity contribution is 6.30. The second-order valence-corrected chi connectivity index (χ2v) is 4.59. The first-order valence-corrected chi connectivity index (χ1v) is 6.17. The molecule has 0 aromatic heterocycles. The second-order valence-electron chi connectivity index (χ2n) is 4.18. The maximum absolute atomic E-state index is 13.7. The van der Waals surface area contributed by atoms with Crippen molar-refractivity contribution in [3.63, 3.8) is 0 Å². The maximum atomic E-state index is 13.7. The third-order valence-electron chi connectivity index (χ3n) is 2.66. The van der Waals surface area contributed by atoms with Crippen LogP contribution in [-0.4, -0.2) is 18.5 Å². The summed E-state index contributed by atoms with van der Waals surface area (Å²) in [4.78, 5) is 11.1. The molecule has 1 aromatic carbocycles. The average Bonchev–Trinajstić information content (AvgIpc) is 2.39. The SMILES string of the molecule is CCOC(=O)C(F)(F)[C@H](N)c1cc(C(F)(F)F)cc(Cl)c1F. The van der Waals surface area contributed by atoms with E-state index in [0.29, 0.717) is 0 Å². The summed E-state index contributed by atoms with van der Waals surface area (Å²) in [5.41, 5.74) is 2.36. The van der Waals surface area contributed by atoms with Crippen molar-refractivity contribution in [1.82, 2.24) is 0 Å². The lowest BCUT2D eigenvalue weighted by Crippen LogP contribution is -2.42. The largest absolute Gasteiger partial charge is 0.462 e. The number of nitrogens with two attached hydrogens (primary N) is 1. The maximum Gasteiger partial charge on any atom is 0.416 e. The number of carbonyl (C=O) groups excluding carboxylic acids is 1. The van der Waals surface area contributed by atoms with Crippen LogP contribution in [0.4, 0.5) is 26.3 Å². The van der Waals surface area contributed by atoms with Crippen molar-refractivity contribution < 1.29 is 35.9 Å². The number of hydrogen-bond donors (Lipinski definition) is 1. The minimum absolute atomic E-state index is 0.0824. The summed E-state index contributed by atoms with van der Waals surface area (Å²) in [5, 5.41) is -1.04. The van der Waals surface area contributed by atoms with Gasteiger partial charge in [0, 0.05) is 5.56 Å². The zero-order valence-electron chi connectivity index (χ0n) is 11.0. The van der Waals surface area contributed by atoms with Crippen LogP contribution in [0.2, 0.25) is 5.02 Å². The number of halogens is 7. The van der Waals surface area contributed by atoms with Gasteiger partial charge in [0.15, 0.2) is 0 Å². The van der Waals surface area contributed by atoms with Crippen molar-refractivity contribution >= 4 is 17.6 Å². The van der Waals surface area contributed by atoms with Crippen LogP contribution in [0.1, 0.15) is 24.1 Å². The standard InChI is InChI=1S/C12H10ClF6NO2/c1-2-22-10(21)11(15,16)9(20)6-3-5(12(17,18)19)4-7(13)8(6)14/h3-4,9H,2,20H2,1H3/t9-/m1/s1. The van der Waals surface area contributed by atoms with Gasteiger partial charge >= 0.3 is 18.1 Å². The molecule has 10 heteroatoms. The fraction of sp³-hybridized carbons (Fsp3) is 0.417. The Morgan fingerprint density at radius 1 is 1.32 bits per heavy atom. The van der Waals surface area contributed by atoms with Gasteiger partial charge < -0.3 is 10.5 Å². The first kappa shape index (κ1) is 18.6. The Balaban J connectivity index is 3.36. The summed E-state index contributed by atoms with van der Waals surface area (Å²) >= 11 is 5.27. The fourth-order valence-corrected chi connectivity index (χ4v) is 1.78. The molecule has 1 aromatic rings. The highest BCUT2D eigenvalue weighted by Gasteiger charge is 2.49. The normalized spacial score (nSPS) is 13.9. The van der Waals surface area contributed by atoms with Crippen molar-refractivity contribution in [2.75, 3.05) is 6.61 Å². The molecule has 0 aliphatic rings. The highest BCUT2D eigenvalue weighted by atomic mass is 35.5. The van der Waals surface area contributed by atoms with Crippen LogP contribution in [0.5, 0.6) is 0 Å². The zero-order valence-corrected chi connectivity index (χ0v) is 11.7. The van der Waals surface area contributed by atoms with Gasteiger partial charge in [-0.1, -0.05) is 11.6 Å². The van der Waals surface area contributed by atoms with Gasteiger partial charge in [0.25, 0.3) is 0 Å². The Bertz CT molecular complexity index is 575. The number of carbonyl (C=O) groups is 1. The van der Waals surface area contributed by atoms with Crippen LogP contribution in [0.3, 0.4) is 0 Å². The summed E-state index contributed by atoms with van der Waals surface area (Å²) < 4.78 is 83.1. The van der Waals surface area contributed by atoms with Crippen LogP contribution in [0.15, 0.2) is 12.1 Å². The van der Waals surface area contributed by atoms with Crippen molar-refractivity contribution in [2.24, 2.45) is 5.73 Å². The molecule has 3 nitrogen and oxygen atoms in total. The molecule has 0 amide bonds. The quantitative estimate of drug-likeness (QED) is 0.666. The second kappa shape index (κ2) is 6.33. The zero-order chi connectivity index (χ0) is 17.3. The minimum atomic E-state index is -4.95. The molecule has 0 spiro atoms. The molecule has 0 bridgehead atoms. The van der Waals surface area contributed by atoms with Gasteiger partial charge in [-0.25, -0.2) is 9.18 Å². The molecule has 2 N–H and O–H groups in total. The van der Waals surface area contributed by atoms with Crippen molar-refractivity contribution in [3.05, 3.63) is 34.1 Å². The number of rotatable bonds is 4. The lowest BCUT2D eigenvalue weighted by molar-refractivity contribution is -0.174. The van der Waals surface area contributed by atoms with Gasteiger partial charge in [-0.3, -0.25) is 0 Å². The van der Waals surface area contributed by atoms with Crippen LogP contribution in [0, 0.1) is 5.82 Å². The molecule has 0 saturated carbocycles. The lowest BCUT2D eigenvalue weighted by atomic mass is 9.98. The number of ether oxygens (including phenoxy) is 1. The van der Waals surface area contributed by atoms with Crippen LogP contribution >= 0.6 is 11.6 Å². The van der Waals surface area contributed by atoms with E-state index in [4.69, 9.17) is 17.3 Å². The van der Waals surface area contributed by atoms with Crippen molar-refractivity contribution in [3.8, 4) is 0 Å². The molecule has 0 saturated heterocycles. The first-order chi connectivity index (χ1) is 9.92. The van der Waals surface area contributed by atoms with Gasteiger partial charge in [-0.15, -0.1) is 0 Å². The number of esters is 1. The van der Waals surface area contributed by atoms with Crippen molar-refractivity contribution in [1.29, 1.82) is 0 Å². The lowest BCUT2D eigenvalue weighted by Gasteiger charge is -2.23. The molecule has 0 unspecified atom stereocenters. The van der Waals surface area contributed by atoms with E-state index in [1.807, 2.05) is 0 Å². The molecule has 0 aliphatic heterocycles. The van der Waals surface area contributed by atoms with Gasteiger partial charge in [0.2, 0.25) is 0 Å². The van der Waals surface area contributed by atoms with E-state index in [-0.39, 0.29) is 12.1 Å². The Kier molecular flexibility index (Phi) is 5.34.